The summed E-state index contributed by atoms with van der Waals surface area (Å²) in [7, 11) is 0. The number of fused-ring (bicyclic) bond motifs is 1. The number of nitrogens with one attached hydrogen (secondary N) is 1. The number of hydrogen-bond donors (Lipinski definition) is 1. The highest BCUT2D eigenvalue weighted by molar-refractivity contribution is 7.99. The summed E-state index contributed by atoms with van der Waals surface area (Å²) in [6.45, 7) is 1.00. The fraction of sp³-hybridized carbons (Fsp3) is 0.250. The standard InChI is InChI=1S/C20H20FN3O2S/c21-15-6-8-16(9-7-15)27-13-3-11-22-20(26)10-12-24-18-5-2-1-4-17(18)19(25)14-23-24/h1-2,4-9,14H,3,10-13H2,(H,22,26). The van der Waals surface area contributed by atoms with Crippen LogP contribution in [0.5, 0.6) is 0 Å². The molecule has 0 saturated heterocycles. The third-order valence-electron chi connectivity index (χ3n) is 4.04. The van der Waals surface area contributed by atoms with Crippen LogP contribution in [0.4, 0.5) is 4.39 Å². The predicted octanol–water partition coefficient (Wildman–Crippen LogP) is 3.22. The van der Waals surface area contributed by atoms with E-state index in [0.29, 0.717) is 24.9 Å². The number of aromatic nitrogens is 2. The highest BCUT2D eigenvalue weighted by Gasteiger charge is 2.06. The van der Waals surface area contributed by atoms with Crippen molar-refractivity contribution in [3.63, 3.8) is 0 Å². The van der Waals surface area contributed by atoms with Crippen LogP contribution in [0.3, 0.4) is 0 Å². The molecule has 2 aromatic carbocycles. The van der Waals surface area contributed by atoms with E-state index in [1.54, 1.807) is 34.6 Å². The Hall–Kier alpha value is -2.67. The molecule has 27 heavy (non-hydrogen) atoms. The maximum Gasteiger partial charge on any atom is 0.221 e. The van der Waals surface area contributed by atoms with Gasteiger partial charge in [0.25, 0.3) is 0 Å². The van der Waals surface area contributed by atoms with Crippen molar-refractivity contribution < 1.29 is 9.18 Å². The number of nitrogens with zero attached hydrogens (tertiary/aromatic N) is 2. The van der Waals surface area contributed by atoms with Crippen LogP contribution in [0.25, 0.3) is 10.9 Å². The summed E-state index contributed by atoms with van der Waals surface area (Å²) in [5, 5.41) is 7.62. The Labute approximate surface area is 160 Å². The van der Waals surface area contributed by atoms with Crippen molar-refractivity contribution in [3.05, 3.63) is 70.8 Å². The lowest BCUT2D eigenvalue weighted by Gasteiger charge is -2.09. The van der Waals surface area contributed by atoms with Crippen LogP contribution in [-0.2, 0) is 11.3 Å². The molecule has 0 atom stereocenters. The molecule has 1 heterocycles. The summed E-state index contributed by atoms with van der Waals surface area (Å²) in [4.78, 5) is 24.9. The number of thioether (sulfide) groups is 1. The minimum Gasteiger partial charge on any atom is -0.356 e. The molecule has 0 radical (unpaired) electrons. The van der Waals surface area contributed by atoms with Gasteiger partial charge in [0.05, 0.1) is 18.3 Å². The van der Waals surface area contributed by atoms with Gasteiger partial charge in [-0.2, -0.15) is 5.10 Å². The van der Waals surface area contributed by atoms with E-state index in [1.807, 2.05) is 18.2 Å². The second kappa shape index (κ2) is 9.32. The van der Waals surface area contributed by atoms with Crippen molar-refractivity contribution in [3.8, 4) is 0 Å². The average molecular weight is 385 g/mol. The molecule has 5 nitrogen and oxygen atoms in total. The number of para-hydroxylation sites is 1. The molecule has 0 fully saturated rings. The van der Waals surface area contributed by atoms with Gasteiger partial charge in [0, 0.05) is 23.2 Å². The molecule has 0 bridgehead atoms. The molecule has 1 aromatic heterocycles. The maximum atomic E-state index is 12.8. The second-order valence-electron chi connectivity index (χ2n) is 6.00. The normalized spacial score (nSPS) is 10.9. The number of hydrogen-bond acceptors (Lipinski definition) is 4. The minimum absolute atomic E-state index is 0.0497. The van der Waals surface area contributed by atoms with E-state index >= 15 is 0 Å². The van der Waals surface area contributed by atoms with Gasteiger partial charge in [0.2, 0.25) is 11.3 Å². The molecule has 0 aliphatic heterocycles. The molecule has 0 unspecified atom stereocenters. The van der Waals surface area contributed by atoms with Gasteiger partial charge in [-0.1, -0.05) is 12.1 Å². The number of amides is 1. The zero-order valence-corrected chi connectivity index (χ0v) is 15.5. The number of carbonyl (C=O) groups excluding carboxylic acids is 1. The van der Waals surface area contributed by atoms with E-state index in [-0.39, 0.29) is 17.2 Å². The van der Waals surface area contributed by atoms with Crippen LogP contribution < -0.4 is 10.7 Å². The third-order valence-corrected chi connectivity index (χ3v) is 5.14. The third kappa shape index (κ3) is 5.40. The first-order valence-corrected chi connectivity index (χ1v) is 9.72. The predicted molar refractivity (Wildman–Crippen MR) is 105 cm³/mol. The quantitative estimate of drug-likeness (QED) is 0.478. The van der Waals surface area contributed by atoms with E-state index in [9.17, 15) is 14.0 Å². The average Bonchev–Trinajstić information content (AvgIpc) is 2.69. The molecule has 0 spiro atoms. The van der Waals surface area contributed by atoms with Gasteiger partial charge in [0.1, 0.15) is 5.82 Å². The van der Waals surface area contributed by atoms with Gasteiger partial charge in [-0.15, -0.1) is 11.8 Å². The van der Waals surface area contributed by atoms with Gasteiger partial charge >= 0.3 is 0 Å². The van der Waals surface area contributed by atoms with Crippen LogP contribution >= 0.6 is 11.8 Å². The Morgan fingerprint density at radius 3 is 2.74 bits per heavy atom. The van der Waals surface area contributed by atoms with Gasteiger partial charge < -0.3 is 5.32 Å². The lowest BCUT2D eigenvalue weighted by Crippen LogP contribution is -2.26. The summed E-state index contributed by atoms with van der Waals surface area (Å²) in [5.41, 5.74) is 0.610. The first-order chi connectivity index (χ1) is 13.1. The van der Waals surface area contributed by atoms with E-state index in [1.165, 1.54) is 18.3 Å². The molecule has 7 heteroatoms. The summed E-state index contributed by atoms with van der Waals surface area (Å²) in [5.74, 6) is 0.556. The van der Waals surface area contributed by atoms with Crippen molar-refractivity contribution in [1.82, 2.24) is 15.1 Å². The molecule has 140 valence electrons. The van der Waals surface area contributed by atoms with E-state index in [2.05, 4.69) is 10.4 Å². The lowest BCUT2D eigenvalue weighted by molar-refractivity contribution is -0.121. The van der Waals surface area contributed by atoms with Crippen molar-refractivity contribution >= 4 is 28.6 Å². The lowest BCUT2D eigenvalue weighted by atomic mass is 10.2. The molecule has 0 aliphatic carbocycles. The Balaban J connectivity index is 1.41. The summed E-state index contributed by atoms with van der Waals surface area (Å²) < 4.78 is 14.5. The van der Waals surface area contributed by atoms with Crippen LogP contribution in [0.1, 0.15) is 12.8 Å². The Morgan fingerprint density at radius 1 is 1.15 bits per heavy atom. The first kappa shape index (κ1) is 19.1. The monoisotopic (exact) mass is 385 g/mol. The van der Waals surface area contributed by atoms with Gasteiger partial charge in [-0.25, -0.2) is 4.39 Å². The minimum atomic E-state index is -0.239. The first-order valence-electron chi connectivity index (χ1n) is 8.73. The molecule has 3 aromatic rings. The zero-order chi connectivity index (χ0) is 19.1. The fourth-order valence-corrected chi connectivity index (χ4v) is 3.51. The highest BCUT2D eigenvalue weighted by Crippen LogP contribution is 2.18. The largest absolute Gasteiger partial charge is 0.356 e. The maximum absolute atomic E-state index is 12.8. The number of benzene rings is 2. The van der Waals surface area contributed by atoms with Crippen molar-refractivity contribution in [2.24, 2.45) is 0 Å². The molecule has 1 N–H and O–H groups in total. The number of aryl methyl sites for hydroxylation is 1. The Bertz CT molecular complexity index is 973. The zero-order valence-electron chi connectivity index (χ0n) is 14.7. The smallest absolute Gasteiger partial charge is 0.221 e. The van der Waals surface area contributed by atoms with Crippen LogP contribution in [0.2, 0.25) is 0 Å². The summed E-state index contributed by atoms with van der Waals surface area (Å²) >= 11 is 1.63. The Kier molecular flexibility index (Phi) is 6.59. The number of halogens is 1. The molecule has 1 amide bonds. The molecule has 0 saturated carbocycles. The SMILES string of the molecule is O=C(CCn1ncc(=O)c2ccccc21)NCCCSc1ccc(F)cc1. The van der Waals surface area contributed by atoms with E-state index in [4.69, 9.17) is 0 Å². The van der Waals surface area contributed by atoms with Gasteiger partial charge in [-0.3, -0.25) is 14.3 Å². The second-order valence-corrected chi connectivity index (χ2v) is 7.17. The van der Waals surface area contributed by atoms with Crippen LogP contribution in [0, 0.1) is 5.82 Å². The van der Waals surface area contributed by atoms with Crippen LogP contribution in [0.15, 0.2) is 64.4 Å². The number of carbonyl (C=O) groups is 1. The summed E-state index contributed by atoms with van der Waals surface area (Å²) in [6.07, 6.45) is 2.41. The summed E-state index contributed by atoms with van der Waals surface area (Å²) in [6, 6.07) is 13.6. The Morgan fingerprint density at radius 2 is 1.93 bits per heavy atom. The van der Waals surface area contributed by atoms with E-state index < -0.39 is 0 Å². The van der Waals surface area contributed by atoms with Crippen LogP contribution in [-0.4, -0.2) is 28.0 Å². The topological polar surface area (TPSA) is 64.0 Å². The molecule has 0 aliphatic rings. The fourth-order valence-electron chi connectivity index (χ4n) is 2.66. The molecular weight excluding hydrogens is 365 g/mol. The van der Waals surface area contributed by atoms with Crippen molar-refractivity contribution in [1.29, 1.82) is 0 Å². The molecular formula is C20H20FN3O2S. The highest BCUT2D eigenvalue weighted by atomic mass is 32.2. The molecule has 3 rings (SSSR count). The van der Waals surface area contributed by atoms with Gasteiger partial charge in [-0.05, 0) is 48.6 Å². The number of rotatable bonds is 8. The van der Waals surface area contributed by atoms with Crippen molar-refractivity contribution in [2.75, 3.05) is 12.3 Å². The van der Waals surface area contributed by atoms with E-state index in [0.717, 1.165) is 22.6 Å². The van der Waals surface area contributed by atoms with Gasteiger partial charge in [0.15, 0.2) is 0 Å². The van der Waals surface area contributed by atoms with Crippen molar-refractivity contribution in [2.45, 2.75) is 24.3 Å².